The van der Waals surface area contributed by atoms with E-state index in [9.17, 15) is 10.1 Å². The number of nitriles is 1. The first-order valence-corrected chi connectivity index (χ1v) is 11.2. The Labute approximate surface area is 199 Å². The molecular weight excluding hydrogens is 496 g/mol. The van der Waals surface area contributed by atoms with Crippen LogP contribution in [0.3, 0.4) is 0 Å². The molecule has 2 aromatic rings. The van der Waals surface area contributed by atoms with Gasteiger partial charge in [-0.15, -0.1) is 0 Å². The van der Waals surface area contributed by atoms with Crippen molar-refractivity contribution in [2.75, 3.05) is 7.11 Å². The smallest absolute Gasteiger partial charge is 0.205 e. The number of hydrogen-bond donors (Lipinski definition) is 1. The number of carbonyl (C=O) groups excluding carboxylic acids is 1. The van der Waals surface area contributed by atoms with E-state index in [1.165, 1.54) is 7.11 Å². The van der Waals surface area contributed by atoms with E-state index in [4.69, 9.17) is 31.5 Å². The number of allylic oxidation sites excluding steroid dienone is 3. The summed E-state index contributed by atoms with van der Waals surface area (Å²) in [4.78, 5) is 12.8. The Balaban J connectivity index is 1.73. The van der Waals surface area contributed by atoms with E-state index < -0.39 is 5.92 Å². The summed E-state index contributed by atoms with van der Waals surface area (Å²) in [5.41, 5.74) is 8.38. The number of benzene rings is 2. The molecule has 32 heavy (non-hydrogen) atoms. The SMILES string of the molecule is COc1cc([C@H]2C(C#N)=C(N)OC3=C2C(=O)CCC3)c(Br)cc1OCc1ccc(Cl)cc1. The Bertz CT molecular complexity index is 1180. The second kappa shape index (κ2) is 9.27. The fourth-order valence-corrected chi connectivity index (χ4v) is 4.63. The Kier molecular flexibility index (Phi) is 6.45. The monoisotopic (exact) mass is 514 g/mol. The van der Waals surface area contributed by atoms with E-state index in [-0.39, 0.29) is 17.2 Å². The minimum atomic E-state index is -0.634. The van der Waals surface area contributed by atoms with Gasteiger partial charge in [-0.05, 0) is 41.8 Å². The number of nitrogens with zero attached hydrogens (tertiary/aromatic N) is 1. The van der Waals surface area contributed by atoms with Crippen LogP contribution in [0.2, 0.25) is 5.02 Å². The van der Waals surface area contributed by atoms with E-state index in [0.717, 1.165) is 5.56 Å². The van der Waals surface area contributed by atoms with Crippen LogP contribution in [-0.2, 0) is 16.1 Å². The highest BCUT2D eigenvalue weighted by molar-refractivity contribution is 9.10. The number of carbonyl (C=O) groups is 1. The molecule has 1 atom stereocenters. The highest BCUT2D eigenvalue weighted by Gasteiger charge is 2.39. The standard InChI is InChI=1S/C24H20BrClN2O4/c1-30-20-9-15(17(25)10-21(20)31-12-13-5-7-14(26)8-6-13)22-16(11-27)24(28)32-19-4-2-3-18(29)23(19)22/h5-10,22H,2-4,12,28H2,1H3/t22-/m0/s1. The summed E-state index contributed by atoms with van der Waals surface area (Å²) in [7, 11) is 1.54. The van der Waals surface area contributed by atoms with E-state index in [2.05, 4.69) is 22.0 Å². The molecule has 0 spiro atoms. The van der Waals surface area contributed by atoms with Gasteiger partial charge in [-0.2, -0.15) is 5.26 Å². The van der Waals surface area contributed by atoms with Gasteiger partial charge in [-0.3, -0.25) is 4.79 Å². The number of rotatable bonds is 5. The van der Waals surface area contributed by atoms with Crippen LogP contribution in [0.4, 0.5) is 0 Å². The van der Waals surface area contributed by atoms with E-state index in [1.54, 1.807) is 24.3 Å². The number of ether oxygens (including phenoxy) is 3. The minimum Gasteiger partial charge on any atom is -0.493 e. The van der Waals surface area contributed by atoms with Gasteiger partial charge in [0.2, 0.25) is 5.88 Å². The number of methoxy groups -OCH3 is 1. The van der Waals surface area contributed by atoms with E-state index in [0.29, 0.717) is 63.8 Å². The first kappa shape index (κ1) is 22.3. The number of Topliss-reactive ketones (excluding diaryl/α,β-unsaturated/α-hetero) is 1. The number of ketones is 1. The van der Waals surface area contributed by atoms with Crippen LogP contribution in [0.25, 0.3) is 0 Å². The maximum absolute atomic E-state index is 12.8. The van der Waals surface area contributed by atoms with Gasteiger partial charge < -0.3 is 19.9 Å². The lowest BCUT2D eigenvalue weighted by Gasteiger charge is -2.31. The Morgan fingerprint density at radius 1 is 1.25 bits per heavy atom. The van der Waals surface area contributed by atoms with Gasteiger partial charge in [0.25, 0.3) is 0 Å². The summed E-state index contributed by atoms with van der Waals surface area (Å²) < 4.78 is 17.9. The molecule has 2 aliphatic rings. The largest absolute Gasteiger partial charge is 0.493 e. The zero-order valence-electron chi connectivity index (χ0n) is 17.3. The summed E-state index contributed by atoms with van der Waals surface area (Å²) in [5, 5.41) is 10.4. The summed E-state index contributed by atoms with van der Waals surface area (Å²) in [5.74, 6) is 0.891. The molecule has 0 saturated carbocycles. The van der Waals surface area contributed by atoms with Crippen molar-refractivity contribution in [1.29, 1.82) is 5.26 Å². The molecule has 1 heterocycles. The molecule has 0 aromatic heterocycles. The van der Waals surface area contributed by atoms with Gasteiger partial charge in [0.15, 0.2) is 17.3 Å². The van der Waals surface area contributed by atoms with E-state index >= 15 is 0 Å². The Hall–Kier alpha value is -2.95. The summed E-state index contributed by atoms with van der Waals surface area (Å²) in [6.07, 6.45) is 1.71. The molecule has 1 aliphatic heterocycles. The van der Waals surface area contributed by atoms with Crippen LogP contribution in [-0.4, -0.2) is 12.9 Å². The maximum atomic E-state index is 12.8. The van der Waals surface area contributed by atoms with Crippen molar-refractivity contribution in [2.45, 2.75) is 31.8 Å². The third-order valence-corrected chi connectivity index (χ3v) is 6.45. The summed E-state index contributed by atoms with van der Waals surface area (Å²) in [6, 6.07) is 13.0. The van der Waals surface area contributed by atoms with Crippen LogP contribution in [0, 0.1) is 11.3 Å². The van der Waals surface area contributed by atoms with Gasteiger partial charge in [-0.1, -0.05) is 39.7 Å². The number of hydrogen-bond acceptors (Lipinski definition) is 6. The second-order valence-electron chi connectivity index (χ2n) is 7.48. The van der Waals surface area contributed by atoms with Crippen molar-refractivity contribution >= 4 is 33.3 Å². The minimum absolute atomic E-state index is 0.0277. The third kappa shape index (κ3) is 4.21. The van der Waals surface area contributed by atoms with Crippen molar-refractivity contribution in [3.05, 3.63) is 79.8 Å². The maximum Gasteiger partial charge on any atom is 0.205 e. The molecule has 0 unspecified atom stereocenters. The van der Waals surface area contributed by atoms with Gasteiger partial charge in [0.1, 0.15) is 24.0 Å². The molecule has 4 rings (SSSR count). The molecule has 2 N–H and O–H groups in total. The van der Waals surface area contributed by atoms with Crippen LogP contribution >= 0.6 is 27.5 Å². The van der Waals surface area contributed by atoms with Crippen LogP contribution < -0.4 is 15.2 Å². The van der Waals surface area contributed by atoms with Crippen LogP contribution in [0.15, 0.2) is 63.7 Å². The highest BCUT2D eigenvalue weighted by Crippen LogP contribution is 2.47. The lowest BCUT2D eigenvalue weighted by molar-refractivity contribution is -0.116. The molecule has 6 nitrogen and oxygen atoms in total. The molecule has 2 aromatic carbocycles. The Morgan fingerprint density at radius 3 is 2.69 bits per heavy atom. The van der Waals surface area contributed by atoms with Gasteiger partial charge in [-0.25, -0.2) is 0 Å². The average Bonchev–Trinajstić information content (AvgIpc) is 2.78. The van der Waals surface area contributed by atoms with Crippen LogP contribution in [0.1, 0.15) is 36.3 Å². The third-order valence-electron chi connectivity index (χ3n) is 5.51. The van der Waals surface area contributed by atoms with Crippen molar-refractivity contribution in [3.8, 4) is 17.6 Å². The highest BCUT2D eigenvalue weighted by atomic mass is 79.9. The molecule has 164 valence electrons. The first-order valence-electron chi connectivity index (χ1n) is 10.0. The predicted molar refractivity (Wildman–Crippen MR) is 123 cm³/mol. The van der Waals surface area contributed by atoms with Crippen molar-refractivity contribution < 1.29 is 19.0 Å². The molecule has 8 heteroatoms. The molecule has 1 aliphatic carbocycles. The molecular formula is C24H20BrClN2O4. The quantitative estimate of drug-likeness (QED) is 0.565. The Morgan fingerprint density at radius 2 is 2.00 bits per heavy atom. The molecule has 0 amide bonds. The lowest BCUT2D eigenvalue weighted by atomic mass is 9.77. The van der Waals surface area contributed by atoms with Crippen molar-refractivity contribution in [3.63, 3.8) is 0 Å². The van der Waals surface area contributed by atoms with Crippen LogP contribution in [0.5, 0.6) is 11.5 Å². The first-order chi connectivity index (χ1) is 15.4. The number of nitrogens with two attached hydrogens (primary N) is 1. The molecule has 0 fully saturated rings. The molecule has 0 saturated heterocycles. The van der Waals surface area contributed by atoms with Gasteiger partial charge in [0, 0.05) is 27.9 Å². The van der Waals surface area contributed by atoms with Crippen molar-refractivity contribution in [2.24, 2.45) is 5.73 Å². The molecule has 0 bridgehead atoms. The van der Waals surface area contributed by atoms with Crippen molar-refractivity contribution in [1.82, 2.24) is 0 Å². The summed E-state index contributed by atoms with van der Waals surface area (Å²) >= 11 is 9.54. The predicted octanol–water partition coefficient (Wildman–Crippen LogP) is 5.50. The molecule has 0 radical (unpaired) electrons. The van der Waals surface area contributed by atoms with E-state index in [1.807, 2.05) is 12.1 Å². The topological polar surface area (TPSA) is 94.6 Å². The summed E-state index contributed by atoms with van der Waals surface area (Å²) in [6.45, 7) is 0.320. The zero-order chi connectivity index (χ0) is 22.8. The normalized spacial score (nSPS) is 18.1. The fraction of sp³-hybridized carbons (Fsp3) is 0.250. The van der Waals surface area contributed by atoms with Gasteiger partial charge >= 0.3 is 0 Å². The lowest BCUT2D eigenvalue weighted by Crippen LogP contribution is -2.27. The second-order valence-corrected chi connectivity index (χ2v) is 8.77. The fourth-order valence-electron chi connectivity index (χ4n) is 3.95. The average molecular weight is 516 g/mol. The zero-order valence-corrected chi connectivity index (χ0v) is 19.6. The number of halogens is 2. The van der Waals surface area contributed by atoms with Gasteiger partial charge in [0.05, 0.1) is 13.0 Å².